The Hall–Kier alpha value is -2.81. The van der Waals surface area contributed by atoms with E-state index in [1.165, 1.54) is 16.7 Å². The molecule has 0 spiro atoms. The van der Waals surface area contributed by atoms with E-state index in [4.69, 9.17) is 0 Å². The molecule has 0 atom stereocenters. The summed E-state index contributed by atoms with van der Waals surface area (Å²) in [6, 6.07) is 16.2. The van der Waals surface area contributed by atoms with E-state index in [1.807, 2.05) is 44.2 Å². The molecule has 0 aliphatic heterocycles. The van der Waals surface area contributed by atoms with Crippen molar-refractivity contribution in [2.24, 2.45) is 0 Å². The number of aryl methyl sites for hydroxylation is 2. The number of carbonyl (C=O) groups is 1. The third-order valence-electron chi connectivity index (χ3n) is 4.78. The Bertz CT molecular complexity index is 863. The number of hydrogen-bond donors (Lipinski definition) is 2. The second kappa shape index (κ2) is 8.72. The molecule has 1 amide bonds. The molecular formula is C24H27NO2. The predicted octanol–water partition coefficient (Wildman–Crippen LogP) is 4.50. The van der Waals surface area contributed by atoms with Crippen molar-refractivity contribution in [1.29, 1.82) is 0 Å². The van der Waals surface area contributed by atoms with Crippen molar-refractivity contribution in [3.8, 4) is 5.75 Å². The minimum atomic E-state index is 0.0106. The van der Waals surface area contributed by atoms with Gasteiger partial charge >= 0.3 is 0 Å². The van der Waals surface area contributed by atoms with E-state index in [9.17, 15) is 9.90 Å². The maximum atomic E-state index is 12.2. The zero-order valence-corrected chi connectivity index (χ0v) is 16.0. The summed E-state index contributed by atoms with van der Waals surface area (Å²) in [6.07, 6.45) is 7.29. The van der Waals surface area contributed by atoms with Gasteiger partial charge in [-0.2, -0.15) is 0 Å². The highest BCUT2D eigenvalue weighted by atomic mass is 16.3. The summed E-state index contributed by atoms with van der Waals surface area (Å²) in [5, 5.41) is 12.9. The normalized spacial score (nSPS) is 13.4. The molecule has 2 aromatic carbocycles. The molecule has 2 N–H and O–H groups in total. The number of benzene rings is 2. The highest BCUT2D eigenvalue weighted by Gasteiger charge is 2.17. The molecule has 2 aromatic rings. The van der Waals surface area contributed by atoms with Crippen LogP contribution in [-0.2, 0) is 24.1 Å². The summed E-state index contributed by atoms with van der Waals surface area (Å²) in [5.74, 6) is 0.300. The van der Waals surface area contributed by atoms with E-state index in [0.29, 0.717) is 6.42 Å². The number of phenolic OH excluding ortho intramolecular Hbond substituents is 1. The lowest BCUT2D eigenvalue weighted by Gasteiger charge is -2.13. The summed E-state index contributed by atoms with van der Waals surface area (Å²) in [6.45, 7) is 3.93. The molecule has 1 aliphatic rings. The van der Waals surface area contributed by atoms with Gasteiger partial charge in [0, 0.05) is 11.6 Å². The summed E-state index contributed by atoms with van der Waals surface area (Å²) < 4.78 is 0. The van der Waals surface area contributed by atoms with Crippen LogP contribution in [0.25, 0.3) is 0 Å². The van der Waals surface area contributed by atoms with Crippen molar-refractivity contribution >= 4 is 5.91 Å². The predicted molar refractivity (Wildman–Crippen MR) is 110 cm³/mol. The van der Waals surface area contributed by atoms with Crippen LogP contribution in [0.1, 0.15) is 37.0 Å². The maximum absolute atomic E-state index is 12.2. The Morgan fingerprint density at radius 1 is 1.04 bits per heavy atom. The summed E-state index contributed by atoms with van der Waals surface area (Å²) in [7, 11) is 0. The maximum Gasteiger partial charge on any atom is 0.247 e. The second-order valence-corrected chi connectivity index (χ2v) is 7.44. The lowest BCUT2D eigenvalue weighted by molar-refractivity contribution is -0.118. The lowest BCUT2D eigenvalue weighted by atomic mass is 9.94. The Morgan fingerprint density at radius 2 is 1.81 bits per heavy atom. The van der Waals surface area contributed by atoms with Crippen LogP contribution < -0.4 is 5.32 Å². The molecule has 140 valence electrons. The molecule has 0 bridgehead atoms. The van der Waals surface area contributed by atoms with Gasteiger partial charge in [-0.3, -0.25) is 4.79 Å². The van der Waals surface area contributed by atoms with Gasteiger partial charge in [0.2, 0.25) is 5.91 Å². The molecule has 0 aromatic heterocycles. The van der Waals surface area contributed by atoms with Gasteiger partial charge in [-0.15, -0.1) is 0 Å². The first kappa shape index (κ1) is 19.0. The van der Waals surface area contributed by atoms with E-state index in [0.717, 1.165) is 30.4 Å². The largest absolute Gasteiger partial charge is 0.508 e. The van der Waals surface area contributed by atoms with E-state index < -0.39 is 0 Å². The van der Waals surface area contributed by atoms with Gasteiger partial charge in [-0.1, -0.05) is 54.1 Å². The molecule has 0 heterocycles. The average Bonchev–Trinajstić information content (AvgIpc) is 3.10. The standard InChI is InChI=1S/C24H27NO2/c1-17(2)25-24(27)21-11-9-19(14-21)15-22-16-23(26)13-12-20(22)10-8-18-6-4-3-5-7-18/h3-7,9,11-13,16-17,26H,8,10,14-15H2,1-2H3,(H,25,27). The van der Waals surface area contributed by atoms with Crippen LogP contribution in [0.5, 0.6) is 5.75 Å². The van der Waals surface area contributed by atoms with Gasteiger partial charge in [-0.25, -0.2) is 0 Å². The first-order chi connectivity index (χ1) is 13.0. The average molecular weight is 361 g/mol. The first-order valence-corrected chi connectivity index (χ1v) is 9.55. The quantitative estimate of drug-likeness (QED) is 0.763. The topological polar surface area (TPSA) is 49.3 Å². The monoisotopic (exact) mass is 361 g/mol. The highest BCUT2D eigenvalue weighted by molar-refractivity contribution is 5.95. The number of amides is 1. The van der Waals surface area contributed by atoms with E-state index in [-0.39, 0.29) is 17.7 Å². The van der Waals surface area contributed by atoms with E-state index >= 15 is 0 Å². The van der Waals surface area contributed by atoms with Crippen LogP contribution in [0.15, 0.2) is 71.8 Å². The van der Waals surface area contributed by atoms with Crippen molar-refractivity contribution in [2.45, 2.75) is 45.6 Å². The van der Waals surface area contributed by atoms with Crippen molar-refractivity contribution in [3.63, 3.8) is 0 Å². The molecular weight excluding hydrogens is 334 g/mol. The zero-order chi connectivity index (χ0) is 19.2. The summed E-state index contributed by atoms with van der Waals surface area (Å²) in [4.78, 5) is 12.2. The Balaban J connectivity index is 1.65. The Kier molecular flexibility index (Phi) is 6.12. The van der Waals surface area contributed by atoms with Crippen LogP contribution in [0.3, 0.4) is 0 Å². The summed E-state index contributed by atoms with van der Waals surface area (Å²) >= 11 is 0. The van der Waals surface area contributed by atoms with Gasteiger partial charge < -0.3 is 10.4 Å². The number of allylic oxidation sites excluding steroid dienone is 3. The van der Waals surface area contributed by atoms with Crippen molar-refractivity contribution in [1.82, 2.24) is 5.32 Å². The number of rotatable bonds is 7. The number of nitrogens with one attached hydrogen (secondary N) is 1. The van der Waals surface area contributed by atoms with E-state index in [1.54, 1.807) is 6.07 Å². The van der Waals surface area contributed by atoms with E-state index in [2.05, 4.69) is 29.6 Å². The molecule has 0 radical (unpaired) electrons. The molecule has 3 nitrogen and oxygen atoms in total. The third kappa shape index (κ3) is 5.33. The number of hydrogen-bond acceptors (Lipinski definition) is 2. The molecule has 0 unspecified atom stereocenters. The molecule has 3 heteroatoms. The minimum Gasteiger partial charge on any atom is -0.508 e. The number of phenols is 1. The van der Waals surface area contributed by atoms with Gasteiger partial charge in [-0.05, 0) is 68.4 Å². The van der Waals surface area contributed by atoms with Crippen molar-refractivity contribution in [2.75, 3.05) is 0 Å². The summed E-state index contributed by atoms with van der Waals surface area (Å²) in [5.41, 5.74) is 5.71. The molecule has 1 aliphatic carbocycles. The molecule has 0 fully saturated rings. The Labute approximate surface area is 161 Å². The molecule has 0 saturated heterocycles. The van der Waals surface area contributed by atoms with Gasteiger partial charge in [0.1, 0.15) is 5.75 Å². The van der Waals surface area contributed by atoms with Gasteiger partial charge in [0.25, 0.3) is 0 Å². The zero-order valence-electron chi connectivity index (χ0n) is 16.0. The van der Waals surface area contributed by atoms with Crippen LogP contribution in [0.2, 0.25) is 0 Å². The number of carbonyl (C=O) groups excluding carboxylic acids is 1. The molecule has 0 saturated carbocycles. The first-order valence-electron chi connectivity index (χ1n) is 9.55. The second-order valence-electron chi connectivity index (χ2n) is 7.44. The smallest absolute Gasteiger partial charge is 0.247 e. The van der Waals surface area contributed by atoms with Crippen LogP contribution in [-0.4, -0.2) is 17.1 Å². The third-order valence-corrected chi connectivity index (χ3v) is 4.78. The Morgan fingerprint density at radius 3 is 2.56 bits per heavy atom. The lowest BCUT2D eigenvalue weighted by Crippen LogP contribution is -2.31. The fourth-order valence-electron chi connectivity index (χ4n) is 3.40. The SMILES string of the molecule is CC(C)NC(=O)C1=CC=C(Cc2cc(O)ccc2CCc2ccccc2)C1. The fraction of sp³-hybridized carbons (Fsp3) is 0.292. The van der Waals surface area contributed by atoms with Crippen LogP contribution >= 0.6 is 0 Å². The minimum absolute atomic E-state index is 0.0106. The van der Waals surface area contributed by atoms with Crippen molar-refractivity contribution in [3.05, 3.63) is 88.5 Å². The molecule has 27 heavy (non-hydrogen) atoms. The fourth-order valence-corrected chi connectivity index (χ4v) is 3.40. The van der Waals surface area contributed by atoms with Crippen LogP contribution in [0.4, 0.5) is 0 Å². The number of aromatic hydroxyl groups is 1. The van der Waals surface area contributed by atoms with Gasteiger partial charge in [0.15, 0.2) is 0 Å². The van der Waals surface area contributed by atoms with Crippen LogP contribution in [0, 0.1) is 0 Å². The van der Waals surface area contributed by atoms with Gasteiger partial charge in [0.05, 0.1) is 0 Å². The molecule has 3 rings (SSSR count). The van der Waals surface area contributed by atoms with Crippen molar-refractivity contribution < 1.29 is 9.90 Å². The highest BCUT2D eigenvalue weighted by Crippen LogP contribution is 2.27.